The highest BCUT2D eigenvalue weighted by Crippen LogP contribution is 2.32. The summed E-state index contributed by atoms with van der Waals surface area (Å²) in [6.07, 6.45) is 4.16. The Balaban J connectivity index is 1.69. The van der Waals surface area contributed by atoms with Crippen LogP contribution in [0.5, 0.6) is 5.75 Å². The zero-order valence-electron chi connectivity index (χ0n) is 20.9. The van der Waals surface area contributed by atoms with Crippen LogP contribution in [0.3, 0.4) is 0 Å². The lowest BCUT2D eigenvalue weighted by Gasteiger charge is -2.31. The summed E-state index contributed by atoms with van der Waals surface area (Å²) in [5.74, 6) is 0.505. The molecule has 4 rings (SSSR count). The number of rotatable bonds is 7. The molecule has 0 spiro atoms. The average Bonchev–Trinajstić information content (AvgIpc) is 3.26. The van der Waals surface area contributed by atoms with Crippen LogP contribution in [0.1, 0.15) is 26.5 Å². The van der Waals surface area contributed by atoms with Gasteiger partial charge < -0.3 is 20.4 Å². The molecule has 1 fully saturated rings. The summed E-state index contributed by atoms with van der Waals surface area (Å²) in [6, 6.07) is 16.2. The van der Waals surface area contributed by atoms with Crippen LogP contribution in [0.25, 0.3) is 11.4 Å². The summed E-state index contributed by atoms with van der Waals surface area (Å²) in [5, 5.41) is 15.3. The van der Waals surface area contributed by atoms with Crippen molar-refractivity contribution in [1.29, 1.82) is 5.41 Å². The van der Waals surface area contributed by atoms with Crippen LogP contribution in [0.15, 0.2) is 71.7 Å². The van der Waals surface area contributed by atoms with E-state index in [0.29, 0.717) is 30.2 Å². The molecule has 1 saturated heterocycles. The molecule has 0 aliphatic carbocycles. The van der Waals surface area contributed by atoms with Gasteiger partial charge in [-0.2, -0.15) is 5.10 Å². The van der Waals surface area contributed by atoms with Gasteiger partial charge in [-0.15, -0.1) is 0 Å². The molecule has 0 unspecified atom stereocenters. The number of urea groups is 1. The Morgan fingerprint density at radius 1 is 1.08 bits per heavy atom. The summed E-state index contributed by atoms with van der Waals surface area (Å²) in [4.78, 5) is 29.3. The highest BCUT2D eigenvalue weighted by Gasteiger charge is 2.36. The van der Waals surface area contributed by atoms with Gasteiger partial charge >= 0.3 is 6.03 Å². The molecule has 36 heavy (non-hydrogen) atoms. The van der Waals surface area contributed by atoms with E-state index < -0.39 is 0 Å². The third-order valence-electron chi connectivity index (χ3n) is 5.91. The second kappa shape index (κ2) is 10.1. The quantitative estimate of drug-likeness (QED) is 0.482. The molecular formula is C27H30N6O3. The fourth-order valence-corrected chi connectivity index (χ4v) is 4.09. The molecule has 1 aliphatic rings. The van der Waals surface area contributed by atoms with E-state index in [1.54, 1.807) is 29.0 Å². The molecule has 9 nitrogen and oxygen atoms in total. The predicted octanol–water partition coefficient (Wildman–Crippen LogP) is 4.38. The highest BCUT2D eigenvalue weighted by molar-refractivity contribution is 5.95. The van der Waals surface area contributed by atoms with Crippen LogP contribution >= 0.6 is 0 Å². The van der Waals surface area contributed by atoms with Gasteiger partial charge in [0.05, 0.1) is 12.8 Å². The average molecular weight is 487 g/mol. The normalized spacial score (nSPS) is 14.2. The molecule has 0 saturated carbocycles. The minimum absolute atomic E-state index is 0.0468. The molecular weight excluding hydrogens is 456 g/mol. The number of nitrogens with one attached hydrogen (secondary N) is 2. The molecule has 0 atom stereocenters. The molecule has 0 radical (unpaired) electrons. The minimum atomic E-state index is -0.289. The van der Waals surface area contributed by atoms with Gasteiger partial charge in [0.15, 0.2) is 5.69 Å². The van der Waals surface area contributed by atoms with Crippen molar-refractivity contribution in [3.05, 3.63) is 82.8 Å². The third kappa shape index (κ3) is 5.00. The number of para-hydroxylation sites is 1. The summed E-state index contributed by atoms with van der Waals surface area (Å²) >= 11 is 0. The number of hydrogen-bond donors (Lipinski definition) is 2. The molecule has 3 aromatic rings. The largest absolute Gasteiger partial charge is 0.494 e. The van der Waals surface area contributed by atoms with Gasteiger partial charge in [0.25, 0.3) is 0 Å². The topological polar surface area (TPSA) is 104 Å². The van der Waals surface area contributed by atoms with Crippen LogP contribution in [0.2, 0.25) is 0 Å². The monoisotopic (exact) mass is 486 g/mol. The maximum absolute atomic E-state index is 13.0. The second-order valence-corrected chi connectivity index (χ2v) is 9.32. The first-order valence-corrected chi connectivity index (χ1v) is 11.6. The second-order valence-electron chi connectivity index (χ2n) is 9.32. The first kappa shape index (κ1) is 24.7. The smallest absolute Gasteiger partial charge is 0.325 e. The number of nitrogens with zero attached hydrogens (tertiary/aromatic N) is 4. The Labute approximate surface area is 210 Å². The Morgan fingerprint density at radius 2 is 1.83 bits per heavy atom. The number of carbonyl (C=O) groups is 1. The third-order valence-corrected chi connectivity index (χ3v) is 5.91. The standard InChI is InChI=1S/C27H30N6O3/c1-27(2,3)32-17-16-31(26(32)35)20-10-11-22(24(18-20)36-4)33-15-13-23(34)25(30-33)21(12-14-28)29-19-8-6-5-7-9-19/h5-15,18,28-29H,16-17H2,1-4H3/b21-12-,28-14?. The number of ether oxygens (including phenoxy) is 1. The van der Waals surface area contributed by atoms with E-state index in [2.05, 4.69) is 10.4 Å². The summed E-state index contributed by atoms with van der Waals surface area (Å²) in [5.41, 5.74) is 2.11. The van der Waals surface area contributed by atoms with Gasteiger partial charge in [-0.05, 0) is 51.1 Å². The molecule has 2 N–H and O–H groups in total. The Kier molecular flexibility index (Phi) is 6.91. The number of amides is 2. The Hall–Kier alpha value is -4.40. The highest BCUT2D eigenvalue weighted by atomic mass is 16.5. The number of aromatic nitrogens is 2. The molecule has 2 heterocycles. The van der Waals surface area contributed by atoms with E-state index in [9.17, 15) is 9.59 Å². The fraction of sp³-hybridized carbons (Fsp3) is 0.259. The number of hydrogen-bond acceptors (Lipinski definition) is 6. The lowest BCUT2D eigenvalue weighted by Crippen LogP contribution is -2.44. The van der Waals surface area contributed by atoms with Gasteiger partial charge in [0.2, 0.25) is 5.43 Å². The van der Waals surface area contributed by atoms with Crippen molar-refractivity contribution in [3.8, 4) is 11.4 Å². The van der Waals surface area contributed by atoms with Crippen molar-refractivity contribution in [2.24, 2.45) is 0 Å². The van der Waals surface area contributed by atoms with Gasteiger partial charge in [0.1, 0.15) is 11.4 Å². The van der Waals surface area contributed by atoms with E-state index in [1.165, 1.54) is 12.1 Å². The van der Waals surface area contributed by atoms with E-state index >= 15 is 0 Å². The number of benzene rings is 2. The minimum Gasteiger partial charge on any atom is -0.494 e. The van der Waals surface area contributed by atoms with Crippen LogP contribution in [0, 0.1) is 5.41 Å². The summed E-state index contributed by atoms with van der Waals surface area (Å²) in [7, 11) is 1.55. The van der Waals surface area contributed by atoms with Gasteiger partial charge in [-0.1, -0.05) is 18.2 Å². The van der Waals surface area contributed by atoms with Crippen molar-refractivity contribution < 1.29 is 9.53 Å². The van der Waals surface area contributed by atoms with Gasteiger partial charge in [-0.25, -0.2) is 9.48 Å². The number of allylic oxidation sites excluding steroid dienone is 1. The molecule has 2 amide bonds. The lowest BCUT2D eigenvalue weighted by atomic mass is 10.1. The van der Waals surface area contributed by atoms with E-state index in [-0.39, 0.29) is 22.7 Å². The van der Waals surface area contributed by atoms with Crippen LogP contribution in [-0.4, -0.2) is 52.7 Å². The van der Waals surface area contributed by atoms with Gasteiger partial charge in [-0.3, -0.25) is 9.69 Å². The van der Waals surface area contributed by atoms with Crippen molar-refractivity contribution in [2.75, 3.05) is 30.4 Å². The maximum atomic E-state index is 13.0. The van der Waals surface area contributed by atoms with Crippen molar-refractivity contribution >= 4 is 29.3 Å². The lowest BCUT2D eigenvalue weighted by molar-refractivity contribution is 0.173. The van der Waals surface area contributed by atoms with Crippen LogP contribution < -0.4 is 20.4 Å². The molecule has 9 heteroatoms. The maximum Gasteiger partial charge on any atom is 0.325 e. The van der Waals surface area contributed by atoms with E-state index in [0.717, 1.165) is 17.6 Å². The number of anilines is 2. The molecule has 2 aromatic carbocycles. The molecule has 1 aromatic heterocycles. The van der Waals surface area contributed by atoms with Crippen LogP contribution in [0.4, 0.5) is 16.2 Å². The first-order chi connectivity index (χ1) is 17.2. The van der Waals surface area contributed by atoms with Crippen molar-refractivity contribution in [3.63, 3.8) is 0 Å². The van der Waals surface area contributed by atoms with Crippen molar-refractivity contribution in [2.45, 2.75) is 26.3 Å². The summed E-state index contributed by atoms with van der Waals surface area (Å²) < 4.78 is 7.20. The molecule has 186 valence electrons. The molecule has 1 aliphatic heterocycles. The van der Waals surface area contributed by atoms with Crippen LogP contribution in [-0.2, 0) is 0 Å². The zero-order valence-corrected chi connectivity index (χ0v) is 20.9. The fourth-order valence-electron chi connectivity index (χ4n) is 4.09. The number of methoxy groups -OCH3 is 1. The van der Waals surface area contributed by atoms with E-state index in [1.807, 2.05) is 68.1 Å². The Morgan fingerprint density at radius 3 is 2.47 bits per heavy atom. The number of carbonyl (C=O) groups excluding carboxylic acids is 1. The van der Waals surface area contributed by atoms with Crippen molar-refractivity contribution in [1.82, 2.24) is 14.7 Å². The van der Waals surface area contributed by atoms with Gasteiger partial charge in [0, 0.05) is 54.5 Å². The predicted molar refractivity (Wildman–Crippen MR) is 142 cm³/mol. The summed E-state index contributed by atoms with van der Waals surface area (Å²) in [6.45, 7) is 7.29. The molecule has 0 bridgehead atoms. The van der Waals surface area contributed by atoms with E-state index in [4.69, 9.17) is 10.1 Å². The Bertz CT molecular complexity index is 1360. The first-order valence-electron chi connectivity index (χ1n) is 11.6. The zero-order chi connectivity index (χ0) is 25.9. The SMILES string of the molecule is COc1cc(N2CCN(C(C)(C)C)C2=O)ccc1-n1ccc(=O)c(/C(=C/C=N)Nc2ccccc2)n1.